The topological polar surface area (TPSA) is 96.7 Å². The van der Waals surface area contributed by atoms with Gasteiger partial charge >= 0.3 is 6.03 Å². The van der Waals surface area contributed by atoms with Gasteiger partial charge in [0.2, 0.25) is 5.91 Å². The molecule has 2 saturated heterocycles. The first-order valence-electron chi connectivity index (χ1n) is 5.88. The third-order valence-corrected chi connectivity index (χ3v) is 3.11. The Morgan fingerprint density at radius 1 is 1.24 bits per heavy atom. The van der Waals surface area contributed by atoms with Gasteiger partial charge in [-0.15, -0.1) is 0 Å². The van der Waals surface area contributed by atoms with E-state index < -0.39 is 0 Å². The van der Waals surface area contributed by atoms with Gasteiger partial charge in [0.15, 0.2) is 0 Å². The second-order valence-corrected chi connectivity index (χ2v) is 4.41. The zero-order chi connectivity index (χ0) is 12.3. The van der Waals surface area contributed by atoms with Crippen LogP contribution in [-0.2, 0) is 9.53 Å². The van der Waals surface area contributed by atoms with Crippen LogP contribution in [0.15, 0.2) is 0 Å². The largest absolute Gasteiger partial charge is 0.380 e. The Morgan fingerprint density at radius 2 is 2.00 bits per heavy atom. The number of amides is 3. The maximum absolute atomic E-state index is 11.7. The average Bonchev–Trinajstić information content (AvgIpc) is 2.24. The van der Waals surface area contributed by atoms with Gasteiger partial charge in [0.25, 0.3) is 0 Å². The van der Waals surface area contributed by atoms with E-state index in [2.05, 4.69) is 10.9 Å². The van der Waals surface area contributed by atoms with Gasteiger partial charge in [0.05, 0.1) is 25.3 Å². The van der Waals surface area contributed by atoms with Crippen molar-refractivity contribution in [3.8, 4) is 0 Å². The molecule has 96 valence electrons. The number of carbonyl (C=O) groups is 2. The Morgan fingerprint density at radius 3 is 2.59 bits per heavy atom. The lowest BCUT2D eigenvalue weighted by Crippen LogP contribution is -2.57. The van der Waals surface area contributed by atoms with E-state index in [1.165, 1.54) is 0 Å². The molecular formula is C10H18N4O3. The normalized spacial score (nSPS) is 25.0. The van der Waals surface area contributed by atoms with Gasteiger partial charge in [-0.05, 0) is 19.3 Å². The van der Waals surface area contributed by atoms with Crippen LogP contribution in [0.1, 0.15) is 19.3 Å². The zero-order valence-electron chi connectivity index (χ0n) is 9.65. The molecule has 2 aliphatic rings. The summed E-state index contributed by atoms with van der Waals surface area (Å²) in [5.41, 5.74) is 10.6. The number of ether oxygens (including phenoxy) is 1. The van der Waals surface area contributed by atoms with Crippen LogP contribution in [0.5, 0.6) is 0 Å². The Balaban J connectivity index is 1.74. The van der Waals surface area contributed by atoms with E-state index in [-0.39, 0.29) is 24.0 Å². The number of nitrogens with two attached hydrogens (primary N) is 1. The molecule has 1 unspecified atom stereocenters. The van der Waals surface area contributed by atoms with Crippen molar-refractivity contribution in [2.75, 3.05) is 19.8 Å². The van der Waals surface area contributed by atoms with Gasteiger partial charge in [-0.2, -0.15) is 0 Å². The van der Waals surface area contributed by atoms with Crippen LogP contribution < -0.4 is 16.6 Å². The van der Waals surface area contributed by atoms with E-state index >= 15 is 0 Å². The third-order valence-electron chi connectivity index (χ3n) is 3.11. The highest BCUT2D eigenvalue weighted by Crippen LogP contribution is 2.13. The summed E-state index contributed by atoms with van der Waals surface area (Å²) in [7, 11) is 0. The molecule has 4 N–H and O–H groups in total. The highest BCUT2D eigenvalue weighted by molar-refractivity contribution is 5.83. The Kier molecular flexibility index (Phi) is 3.80. The smallest absolute Gasteiger partial charge is 0.337 e. The van der Waals surface area contributed by atoms with Crippen LogP contribution in [0, 0.1) is 5.92 Å². The number of nitrogens with zero attached hydrogens (tertiary/aromatic N) is 1. The van der Waals surface area contributed by atoms with E-state index in [1.807, 2.05) is 0 Å². The molecule has 0 aromatic rings. The zero-order valence-corrected chi connectivity index (χ0v) is 9.65. The number of likely N-dealkylation sites (tertiary alicyclic amines) is 1. The Bertz CT molecular complexity index is 306. The number of hydrogen-bond acceptors (Lipinski definition) is 4. The van der Waals surface area contributed by atoms with Gasteiger partial charge in [-0.1, -0.05) is 0 Å². The van der Waals surface area contributed by atoms with Crippen LogP contribution in [-0.4, -0.2) is 42.8 Å². The molecule has 1 atom stereocenters. The molecule has 0 aromatic heterocycles. The van der Waals surface area contributed by atoms with E-state index in [0.717, 1.165) is 19.3 Å². The van der Waals surface area contributed by atoms with Gasteiger partial charge in [0, 0.05) is 6.54 Å². The molecule has 0 radical (unpaired) electrons. The fourth-order valence-corrected chi connectivity index (χ4v) is 1.89. The quantitative estimate of drug-likeness (QED) is 0.521. The lowest BCUT2D eigenvalue weighted by atomic mass is 10.1. The maximum atomic E-state index is 11.7. The molecule has 7 heteroatoms. The number of hydrogen-bond donors (Lipinski definition) is 3. The summed E-state index contributed by atoms with van der Waals surface area (Å²) in [6.07, 6.45) is 2.53. The molecule has 0 saturated carbocycles. The lowest BCUT2D eigenvalue weighted by molar-refractivity contribution is -0.139. The molecule has 0 aliphatic carbocycles. The molecule has 17 heavy (non-hydrogen) atoms. The minimum absolute atomic E-state index is 0.148. The first kappa shape index (κ1) is 12.1. The highest BCUT2D eigenvalue weighted by atomic mass is 16.5. The van der Waals surface area contributed by atoms with Gasteiger partial charge < -0.3 is 15.4 Å². The Labute approximate surface area is 99.6 Å². The molecule has 2 aliphatic heterocycles. The summed E-state index contributed by atoms with van der Waals surface area (Å²) in [5.74, 6) is -0.361. The highest BCUT2D eigenvalue weighted by Gasteiger charge is 2.28. The predicted molar refractivity (Wildman–Crippen MR) is 59.5 cm³/mol. The van der Waals surface area contributed by atoms with Gasteiger partial charge in [-0.3, -0.25) is 10.2 Å². The number of rotatable bonds is 1. The van der Waals surface area contributed by atoms with Gasteiger partial charge in [-0.25, -0.2) is 10.2 Å². The Hall–Kier alpha value is -1.34. The second-order valence-electron chi connectivity index (χ2n) is 4.41. The fourth-order valence-electron chi connectivity index (χ4n) is 1.89. The van der Waals surface area contributed by atoms with Crippen LogP contribution in [0.3, 0.4) is 0 Å². The van der Waals surface area contributed by atoms with E-state index in [4.69, 9.17) is 10.5 Å². The molecular weight excluding hydrogens is 224 g/mol. The first-order chi connectivity index (χ1) is 8.18. The van der Waals surface area contributed by atoms with Crippen LogP contribution in [0.2, 0.25) is 0 Å². The van der Waals surface area contributed by atoms with Crippen molar-refractivity contribution in [3.05, 3.63) is 0 Å². The number of urea groups is 1. The van der Waals surface area contributed by atoms with E-state index in [0.29, 0.717) is 19.8 Å². The molecule has 0 bridgehead atoms. The van der Waals surface area contributed by atoms with Crippen molar-refractivity contribution < 1.29 is 14.3 Å². The number of nitrogens with one attached hydrogen (secondary N) is 2. The van der Waals surface area contributed by atoms with Crippen LogP contribution in [0.25, 0.3) is 0 Å². The van der Waals surface area contributed by atoms with Crippen molar-refractivity contribution >= 4 is 11.9 Å². The number of carbonyl (C=O) groups excluding carboxylic acids is 2. The van der Waals surface area contributed by atoms with Crippen molar-refractivity contribution in [2.24, 2.45) is 11.7 Å². The summed E-state index contributed by atoms with van der Waals surface area (Å²) in [5, 5.41) is 0. The molecule has 0 aromatic carbocycles. The first-order valence-corrected chi connectivity index (χ1v) is 5.88. The maximum Gasteiger partial charge on any atom is 0.337 e. The van der Waals surface area contributed by atoms with Crippen molar-refractivity contribution in [1.29, 1.82) is 0 Å². The molecule has 3 amide bonds. The predicted octanol–water partition coefficient (Wildman–Crippen LogP) is -0.856. The minimum atomic E-state index is -0.342. The number of piperidine rings is 1. The summed E-state index contributed by atoms with van der Waals surface area (Å²) in [6.45, 7) is 1.48. The van der Waals surface area contributed by atoms with E-state index in [1.54, 1.807) is 4.90 Å². The van der Waals surface area contributed by atoms with Crippen molar-refractivity contribution in [2.45, 2.75) is 25.4 Å². The average molecular weight is 242 g/mol. The fraction of sp³-hybridized carbons (Fsp3) is 0.800. The second kappa shape index (κ2) is 5.33. The van der Waals surface area contributed by atoms with E-state index in [9.17, 15) is 9.59 Å². The molecule has 7 nitrogen and oxygen atoms in total. The van der Waals surface area contributed by atoms with Crippen LogP contribution in [0.4, 0.5) is 4.79 Å². The standard InChI is InChI=1S/C10H18N4O3/c11-8-3-1-2-4-14(8)10(16)13-12-9(15)7-5-17-6-7/h7-8H,1-6,11H2,(H,12,15)(H,13,16). The molecule has 2 fully saturated rings. The summed E-state index contributed by atoms with van der Waals surface area (Å²) in [4.78, 5) is 24.7. The van der Waals surface area contributed by atoms with Crippen LogP contribution >= 0.6 is 0 Å². The summed E-state index contributed by atoms with van der Waals surface area (Å²) >= 11 is 0. The SMILES string of the molecule is NC1CCCCN1C(=O)NNC(=O)C1COC1. The lowest BCUT2D eigenvalue weighted by Gasteiger charge is -2.33. The molecule has 2 rings (SSSR count). The summed E-state index contributed by atoms with van der Waals surface area (Å²) < 4.78 is 4.89. The third kappa shape index (κ3) is 2.86. The summed E-state index contributed by atoms with van der Waals surface area (Å²) in [6, 6.07) is -0.342. The van der Waals surface area contributed by atoms with Crippen molar-refractivity contribution in [3.63, 3.8) is 0 Å². The number of hydrazine groups is 1. The monoisotopic (exact) mass is 242 g/mol. The van der Waals surface area contributed by atoms with Crippen molar-refractivity contribution in [1.82, 2.24) is 15.8 Å². The molecule has 2 heterocycles. The van der Waals surface area contributed by atoms with Gasteiger partial charge in [0.1, 0.15) is 0 Å². The minimum Gasteiger partial charge on any atom is -0.380 e. The molecule has 0 spiro atoms.